The van der Waals surface area contributed by atoms with Gasteiger partial charge in [-0.05, 0) is 24.3 Å². The lowest BCUT2D eigenvalue weighted by molar-refractivity contribution is -0.114. The largest absolute Gasteiger partial charge is 0.384 e. The summed E-state index contributed by atoms with van der Waals surface area (Å²) in [7, 11) is 0. The highest BCUT2D eigenvalue weighted by Gasteiger charge is 1.99. The molecule has 0 aliphatic rings. The Hall–Kier alpha value is -2.63. The van der Waals surface area contributed by atoms with Crippen LogP contribution >= 0.6 is 0 Å². The summed E-state index contributed by atoms with van der Waals surface area (Å²) in [5.41, 5.74) is 7.15. The molecule has 0 atom stereocenters. The van der Waals surface area contributed by atoms with Crippen LogP contribution in [0.2, 0.25) is 0 Å². The zero-order valence-electron chi connectivity index (χ0n) is 9.84. The number of amides is 1. The van der Waals surface area contributed by atoms with E-state index in [0.717, 1.165) is 11.4 Å². The van der Waals surface area contributed by atoms with Gasteiger partial charge in [0.1, 0.15) is 18.0 Å². The number of carbonyl (C=O) groups is 1. The van der Waals surface area contributed by atoms with Crippen molar-refractivity contribution in [3.63, 3.8) is 0 Å². The highest BCUT2D eigenvalue weighted by atomic mass is 16.1. The van der Waals surface area contributed by atoms with Crippen LogP contribution in [-0.2, 0) is 4.79 Å². The van der Waals surface area contributed by atoms with Gasteiger partial charge in [0.05, 0.1) is 0 Å². The van der Waals surface area contributed by atoms with Crippen molar-refractivity contribution in [2.45, 2.75) is 6.92 Å². The molecule has 0 fully saturated rings. The summed E-state index contributed by atoms with van der Waals surface area (Å²) < 4.78 is 0. The zero-order chi connectivity index (χ0) is 13.0. The second-order valence-corrected chi connectivity index (χ2v) is 3.71. The van der Waals surface area contributed by atoms with Crippen LogP contribution in [0.15, 0.2) is 36.7 Å². The molecule has 0 saturated heterocycles. The third-order valence-electron chi connectivity index (χ3n) is 2.17. The van der Waals surface area contributed by atoms with Gasteiger partial charge in [-0.15, -0.1) is 0 Å². The van der Waals surface area contributed by atoms with E-state index in [4.69, 9.17) is 5.73 Å². The molecule has 2 rings (SSSR count). The Labute approximate surface area is 104 Å². The molecule has 1 aromatic heterocycles. The summed E-state index contributed by atoms with van der Waals surface area (Å²) in [6.07, 6.45) is 1.39. The Bertz CT molecular complexity index is 553. The molecule has 0 spiro atoms. The summed E-state index contributed by atoms with van der Waals surface area (Å²) in [6, 6.07) is 8.91. The topological polar surface area (TPSA) is 92.9 Å². The molecule has 0 aliphatic heterocycles. The fourth-order valence-corrected chi connectivity index (χ4v) is 1.43. The number of nitrogens with one attached hydrogen (secondary N) is 2. The van der Waals surface area contributed by atoms with Gasteiger partial charge >= 0.3 is 0 Å². The molecule has 0 saturated carbocycles. The Kier molecular flexibility index (Phi) is 3.38. The molecular formula is C12H13N5O. The molecule has 1 amide bonds. The molecule has 0 aliphatic carbocycles. The van der Waals surface area contributed by atoms with Gasteiger partial charge in [0, 0.05) is 24.4 Å². The minimum Gasteiger partial charge on any atom is -0.384 e. The Morgan fingerprint density at radius 3 is 2.44 bits per heavy atom. The van der Waals surface area contributed by atoms with Crippen molar-refractivity contribution in [1.82, 2.24) is 9.97 Å². The number of hydrogen-bond donors (Lipinski definition) is 3. The summed E-state index contributed by atoms with van der Waals surface area (Å²) in [6.45, 7) is 1.47. The van der Waals surface area contributed by atoms with E-state index in [2.05, 4.69) is 20.6 Å². The number of aromatic nitrogens is 2. The third kappa shape index (κ3) is 3.18. The number of hydrogen-bond acceptors (Lipinski definition) is 5. The van der Waals surface area contributed by atoms with Crippen LogP contribution in [0, 0.1) is 0 Å². The standard InChI is InChI=1S/C12H13N5O/c1-8(18)16-9-2-4-10(5-3-9)17-12-6-11(13)14-7-15-12/h2-7H,1H3,(H,16,18)(H3,13,14,15,17). The Balaban J connectivity index is 2.08. The van der Waals surface area contributed by atoms with Gasteiger partial charge in [-0.2, -0.15) is 0 Å². The molecule has 1 heterocycles. The SMILES string of the molecule is CC(=O)Nc1ccc(Nc2cc(N)ncn2)cc1. The van der Waals surface area contributed by atoms with Gasteiger partial charge in [-0.3, -0.25) is 4.79 Å². The quantitative estimate of drug-likeness (QED) is 0.763. The fraction of sp³-hybridized carbons (Fsp3) is 0.0833. The molecular weight excluding hydrogens is 230 g/mol. The first kappa shape index (κ1) is 11.8. The van der Waals surface area contributed by atoms with Crippen molar-refractivity contribution in [1.29, 1.82) is 0 Å². The van der Waals surface area contributed by atoms with Crippen LogP contribution in [0.4, 0.5) is 23.0 Å². The molecule has 6 heteroatoms. The molecule has 2 aromatic rings. The number of nitrogens with two attached hydrogens (primary N) is 1. The highest BCUT2D eigenvalue weighted by molar-refractivity contribution is 5.88. The Morgan fingerprint density at radius 1 is 1.17 bits per heavy atom. The van der Waals surface area contributed by atoms with Crippen molar-refractivity contribution in [2.75, 3.05) is 16.4 Å². The smallest absolute Gasteiger partial charge is 0.221 e. The highest BCUT2D eigenvalue weighted by Crippen LogP contribution is 2.17. The van der Waals surface area contributed by atoms with Crippen molar-refractivity contribution in [3.05, 3.63) is 36.7 Å². The van der Waals surface area contributed by atoms with Crippen molar-refractivity contribution in [2.24, 2.45) is 0 Å². The number of nitrogen functional groups attached to an aromatic ring is 1. The van der Waals surface area contributed by atoms with Crippen LogP contribution in [0.3, 0.4) is 0 Å². The number of nitrogens with zero attached hydrogens (tertiary/aromatic N) is 2. The predicted octanol–water partition coefficient (Wildman–Crippen LogP) is 1.76. The van der Waals surface area contributed by atoms with E-state index in [1.807, 2.05) is 12.1 Å². The van der Waals surface area contributed by atoms with Gasteiger partial charge in [-0.25, -0.2) is 9.97 Å². The maximum Gasteiger partial charge on any atom is 0.221 e. The lowest BCUT2D eigenvalue weighted by Gasteiger charge is -2.07. The second kappa shape index (κ2) is 5.13. The van der Waals surface area contributed by atoms with E-state index >= 15 is 0 Å². The predicted molar refractivity (Wildman–Crippen MR) is 70.5 cm³/mol. The fourth-order valence-electron chi connectivity index (χ4n) is 1.43. The first-order chi connectivity index (χ1) is 8.63. The van der Waals surface area contributed by atoms with Crippen molar-refractivity contribution >= 4 is 28.9 Å². The van der Waals surface area contributed by atoms with Crippen LogP contribution < -0.4 is 16.4 Å². The minimum atomic E-state index is -0.0979. The van der Waals surface area contributed by atoms with Crippen LogP contribution in [0.25, 0.3) is 0 Å². The summed E-state index contributed by atoms with van der Waals surface area (Å²) in [4.78, 5) is 18.7. The number of anilines is 4. The number of rotatable bonds is 3. The minimum absolute atomic E-state index is 0.0979. The molecule has 6 nitrogen and oxygen atoms in total. The van der Waals surface area contributed by atoms with Crippen molar-refractivity contribution in [3.8, 4) is 0 Å². The monoisotopic (exact) mass is 243 g/mol. The van der Waals surface area contributed by atoms with E-state index in [0.29, 0.717) is 11.6 Å². The Morgan fingerprint density at radius 2 is 1.83 bits per heavy atom. The van der Waals surface area contributed by atoms with E-state index < -0.39 is 0 Å². The third-order valence-corrected chi connectivity index (χ3v) is 2.17. The number of benzene rings is 1. The first-order valence-corrected chi connectivity index (χ1v) is 5.36. The average Bonchev–Trinajstić information content (AvgIpc) is 2.31. The van der Waals surface area contributed by atoms with Gasteiger partial charge in [-0.1, -0.05) is 0 Å². The van der Waals surface area contributed by atoms with Crippen LogP contribution in [0.1, 0.15) is 6.92 Å². The first-order valence-electron chi connectivity index (χ1n) is 5.36. The summed E-state index contributed by atoms with van der Waals surface area (Å²) in [5, 5.41) is 5.77. The molecule has 0 radical (unpaired) electrons. The molecule has 1 aromatic carbocycles. The zero-order valence-corrected chi connectivity index (χ0v) is 9.84. The van der Waals surface area contributed by atoms with E-state index in [1.54, 1.807) is 18.2 Å². The van der Waals surface area contributed by atoms with E-state index in [-0.39, 0.29) is 5.91 Å². The maximum absolute atomic E-state index is 10.9. The summed E-state index contributed by atoms with van der Waals surface area (Å²) in [5.74, 6) is 0.927. The van der Waals surface area contributed by atoms with Crippen LogP contribution in [0.5, 0.6) is 0 Å². The molecule has 18 heavy (non-hydrogen) atoms. The lowest BCUT2D eigenvalue weighted by atomic mass is 10.2. The van der Waals surface area contributed by atoms with Gasteiger partial charge in [0.15, 0.2) is 0 Å². The van der Waals surface area contributed by atoms with Gasteiger partial charge < -0.3 is 16.4 Å². The molecule has 4 N–H and O–H groups in total. The molecule has 0 unspecified atom stereocenters. The van der Waals surface area contributed by atoms with Gasteiger partial charge in [0.25, 0.3) is 0 Å². The molecule has 0 bridgehead atoms. The van der Waals surface area contributed by atoms with E-state index in [1.165, 1.54) is 13.3 Å². The summed E-state index contributed by atoms with van der Waals surface area (Å²) >= 11 is 0. The normalized spacial score (nSPS) is 9.83. The molecule has 92 valence electrons. The van der Waals surface area contributed by atoms with Crippen LogP contribution in [-0.4, -0.2) is 15.9 Å². The second-order valence-electron chi connectivity index (χ2n) is 3.71. The average molecular weight is 243 g/mol. The lowest BCUT2D eigenvalue weighted by Crippen LogP contribution is -2.05. The number of carbonyl (C=O) groups excluding carboxylic acids is 1. The van der Waals surface area contributed by atoms with E-state index in [9.17, 15) is 4.79 Å². The van der Waals surface area contributed by atoms with Gasteiger partial charge in [0.2, 0.25) is 5.91 Å². The maximum atomic E-state index is 10.9. The van der Waals surface area contributed by atoms with Crippen molar-refractivity contribution < 1.29 is 4.79 Å².